The molecule has 5 atom stereocenters. The Morgan fingerprint density at radius 3 is 2.28 bits per heavy atom. The van der Waals surface area contributed by atoms with Crippen molar-refractivity contribution in [2.45, 2.75) is 75.9 Å². The van der Waals surface area contributed by atoms with Crippen LogP contribution in [0.15, 0.2) is 72.8 Å². The lowest BCUT2D eigenvalue weighted by Crippen LogP contribution is -2.60. The van der Waals surface area contributed by atoms with E-state index in [-0.39, 0.29) is 57.2 Å². The van der Waals surface area contributed by atoms with Gasteiger partial charge in [-0.3, -0.25) is 14.4 Å². The van der Waals surface area contributed by atoms with Gasteiger partial charge in [-0.05, 0) is 59.7 Å². The van der Waals surface area contributed by atoms with E-state index in [1.54, 1.807) is 36.4 Å². The summed E-state index contributed by atoms with van der Waals surface area (Å²) in [5.41, 5.74) is 13.7. The molecule has 4 aromatic carbocycles. The third-order valence-corrected chi connectivity index (χ3v) is 10.4. The number of rotatable bonds is 9. The largest absolute Gasteiger partial charge is 0.507 e. The van der Waals surface area contributed by atoms with Crippen LogP contribution in [-0.2, 0) is 16.0 Å². The Morgan fingerprint density at radius 2 is 1.57 bits per heavy atom. The highest BCUT2D eigenvalue weighted by atomic mass is 16.7. The molecule has 3 aliphatic rings. The number of fused-ring (bicyclic) bond motifs is 2. The molecule has 1 saturated carbocycles. The highest BCUT2D eigenvalue weighted by Crippen LogP contribution is 2.45. The van der Waals surface area contributed by atoms with Crippen molar-refractivity contribution in [2.24, 2.45) is 17.4 Å². The van der Waals surface area contributed by atoms with Crippen molar-refractivity contribution in [3.8, 4) is 17.2 Å². The molecule has 54 heavy (non-hydrogen) atoms. The summed E-state index contributed by atoms with van der Waals surface area (Å²) >= 11 is 0. The molecule has 0 bridgehead atoms. The lowest BCUT2D eigenvalue weighted by Gasteiger charge is -2.42. The molecule has 1 aliphatic heterocycles. The standard InChI is InChI=1S/C42H42N2O10/c1-21(45)52-30-17-16-27-32(26(30)15-14-22-8-3-2-4-9-22)36(48)29-20-31(53-42-39(51)37(49)38(50)40(54-42)24-11-5-6-12-24)28(35(47)33(29)34(27)46)19-23-10-7-13-25(18-23)41(43)44/h2-4,7-10,13-18,20,24,37-42,47,49-51H,5-6,11-12,19,43-44H2,1H3/t37-,38+,39-,40+,42-/m1/s1. The Hall–Kier alpha value is -5.21. The Bertz CT molecular complexity index is 2130. The van der Waals surface area contributed by atoms with Crippen molar-refractivity contribution in [2.75, 3.05) is 0 Å². The number of esters is 1. The molecule has 280 valence electrons. The Morgan fingerprint density at radius 1 is 0.852 bits per heavy atom. The number of aliphatic hydroxyl groups excluding tert-OH is 3. The molecule has 2 aliphatic carbocycles. The van der Waals surface area contributed by atoms with Crippen molar-refractivity contribution in [3.05, 3.63) is 123 Å². The van der Waals surface area contributed by atoms with Crippen LogP contribution in [0.25, 0.3) is 12.2 Å². The minimum Gasteiger partial charge on any atom is -0.507 e. The molecule has 12 heteroatoms. The van der Waals surface area contributed by atoms with Gasteiger partial charge in [-0.25, -0.2) is 0 Å². The summed E-state index contributed by atoms with van der Waals surface area (Å²) in [5.74, 6) is -2.61. The predicted octanol–water partition coefficient (Wildman–Crippen LogP) is 4.15. The second-order valence-electron chi connectivity index (χ2n) is 14.1. The van der Waals surface area contributed by atoms with Crippen molar-refractivity contribution >= 4 is 29.7 Å². The third-order valence-electron chi connectivity index (χ3n) is 10.4. The number of carbonyl (C=O) groups excluding carboxylic acids is 3. The maximum absolute atomic E-state index is 14.6. The molecule has 2 fully saturated rings. The minimum atomic E-state index is -1.71. The van der Waals surface area contributed by atoms with Gasteiger partial charge in [0.15, 0.2) is 11.6 Å². The highest BCUT2D eigenvalue weighted by Gasteiger charge is 2.48. The number of hydrogen-bond acceptors (Lipinski definition) is 12. The van der Waals surface area contributed by atoms with E-state index in [1.807, 2.05) is 30.3 Å². The van der Waals surface area contributed by atoms with Crippen LogP contribution in [0.3, 0.4) is 0 Å². The number of nitrogens with two attached hydrogens (primary N) is 2. The average molecular weight is 735 g/mol. The summed E-state index contributed by atoms with van der Waals surface area (Å²) in [6, 6.07) is 20.3. The molecule has 12 nitrogen and oxygen atoms in total. The quantitative estimate of drug-likeness (QED) is 0.0546. The molecular weight excluding hydrogens is 692 g/mol. The molecule has 7 rings (SSSR count). The summed E-state index contributed by atoms with van der Waals surface area (Å²) in [5, 5.41) is 44.9. The SMILES string of the molecule is CC(=O)Oc1ccc2c(c1C=Cc1ccccc1)C(=O)c1cc(O[C@@H]3O[C@@H](C4CCCC4)[C@@H](O)[C@@H](O)[C@H]3O)c(Cc3cccc(C(N)N)c3)c(O)c1C2=O. The van der Waals surface area contributed by atoms with Gasteiger partial charge in [-0.1, -0.05) is 73.5 Å². The van der Waals surface area contributed by atoms with E-state index in [2.05, 4.69) is 0 Å². The molecule has 1 saturated heterocycles. The summed E-state index contributed by atoms with van der Waals surface area (Å²) in [4.78, 5) is 41.1. The zero-order valence-corrected chi connectivity index (χ0v) is 29.6. The number of carbonyl (C=O) groups is 3. The van der Waals surface area contributed by atoms with Gasteiger partial charge in [0.1, 0.15) is 35.6 Å². The lowest BCUT2D eigenvalue weighted by atomic mass is 9.79. The number of phenols is 1. The summed E-state index contributed by atoms with van der Waals surface area (Å²) in [6.45, 7) is 1.22. The predicted molar refractivity (Wildman–Crippen MR) is 198 cm³/mol. The summed E-state index contributed by atoms with van der Waals surface area (Å²) in [6.07, 6.45) is -1.19. The van der Waals surface area contributed by atoms with E-state index >= 15 is 0 Å². The van der Waals surface area contributed by atoms with E-state index in [0.717, 1.165) is 31.2 Å². The topological polar surface area (TPSA) is 212 Å². The Kier molecular flexibility index (Phi) is 10.5. The fourth-order valence-corrected chi connectivity index (χ4v) is 7.71. The first-order chi connectivity index (χ1) is 25.9. The number of aromatic hydroxyl groups is 1. The number of phenolic OH excluding ortho intramolecular Hbond substituents is 1. The van der Waals surface area contributed by atoms with Gasteiger partial charge >= 0.3 is 5.97 Å². The first-order valence-corrected chi connectivity index (χ1v) is 18.0. The summed E-state index contributed by atoms with van der Waals surface area (Å²) < 4.78 is 17.9. The second kappa shape index (κ2) is 15.3. The fourth-order valence-electron chi connectivity index (χ4n) is 7.71. The van der Waals surface area contributed by atoms with Crippen LogP contribution in [-0.4, -0.2) is 68.7 Å². The number of ketones is 2. The van der Waals surface area contributed by atoms with Crippen LogP contribution < -0.4 is 20.9 Å². The Labute approximate surface area is 311 Å². The van der Waals surface area contributed by atoms with Crippen LogP contribution in [0.4, 0.5) is 0 Å². The maximum Gasteiger partial charge on any atom is 0.308 e. The van der Waals surface area contributed by atoms with E-state index < -0.39 is 60.2 Å². The van der Waals surface area contributed by atoms with Gasteiger partial charge in [0.05, 0.1) is 17.8 Å². The number of benzene rings is 4. The van der Waals surface area contributed by atoms with Crippen LogP contribution in [0.1, 0.15) is 98.4 Å². The normalized spacial score (nSPS) is 22.8. The van der Waals surface area contributed by atoms with Gasteiger partial charge in [0.25, 0.3) is 0 Å². The molecular formula is C42H42N2O10. The van der Waals surface area contributed by atoms with E-state index in [1.165, 1.54) is 25.1 Å². The monoisotopic (exact) mass is 734 g/mol. The molecule has 0 unspecified atom stereocenters. The number of ether oxygens (including phenoxy) is 3. The zero-order valence-electron chi connectivity index (χ0n) is 29.6. The van der Waals surface area contributed by atoms with Crippen molar-refractivity contribution in [1.29, 1.82) is 0 Å². The molecule has 0 radical (unpaired) electrons. The number of aliphatic hydroxyl groups is 3. The third kappa shape index (κ3) is 7.07. The zero-order chi connectivity index (χ0) is 38.3. The molecule has 0 amide bonds. The van der Waals surface area contributed by atoms with Gasteiger partial charge in [-0.15, -0.1) is 0 Å². The first-order valence-electron chi connectivity index (χ1n) is 18.0. The van der Waals surface area contributed by atoms with Crippen molar-refractivity contribution in [1.82, 2.24) is 0 Å². The smallest absolute Gasteiger partial charge is 0.308 e. The molecule has 0 aromatic heterocycles. The minimum absolute atomic E-state index is 0.00955. The maximum atomic E-state index is 14.6. The van der Waals surface area contributed by atoms with Crippen LogP contribution in [0.5, 0.6) is 17.2 Å². The Balaban J connectivity index is 1.36. The van der Waals surface area contributed by atoms with Gasteiger partial charge in [-0.2, -0.15) is 0 Å². The first kappa shape index (κ1) is 37.1. The van der Waals surface area contributed by atoms with Crippen molar-refractivity contribution < 1.29 is 49.0 Å². The lowest BCUT2D eigenvalue weighted by molar-refractivity contribution is -0.282. The van der Waals surface area contributed by atoms with Crippen LogP contribution in [0, 0.1) is 5.92 Å². The van der Waals surface area contributed by atoms with Gasteiger partial charge in [0.2, 0.25) is 6.29 Å². The molecule has 1 heterocycles. The average Bonchev–Trinajstić information content (AvgIpc) is 3.70. The molecule has 0 spiro atoms. The molecule has 4 aromatic rings. The van der Waals surface area contributed by atoms with Gasteiger partial charge in [0, 0.05) is 41.2 Å². The highest BCUT2D eigenvalue weighted by molar-refractivity contribution is 6.31. The molecule has 8 N–H and O–H groups in total. The fraction of sp³-hybridized carbons (Fsp3) is 0.310. The van der Waals surface area contributed by atoms with Crippen LogP contribution >= 0.6 is 0 Å². The second-order valence-corrected chi connectivity index (χ2v) is 14.1. The van der Waals surface area contributed by atoms with Crippen molar-refractivity contribution in [3.63, 3.8) is 0 Å². The summed E-state index contributed by atoms with van der Waals surface area (Å²) in [7, 11) is 0. The number of hydrogen-bond donors (Lipinski definition) is 6. The van der Waals surface area contributed by atoms with Gasteiger partial charge < -0.3 is 46.1 Å². The van der Waals surface area contributed by atoms with E-state index in [9.17, 15) is 34.8 Å². The van der Waals surface area contributed by atoms with E-state index in [4.69, 9.17) is 25.7 Å². The van der Waals surface area contributed by atoms with Crippen LogP contribution in [0.2, 0.25) is 0 Å². The van der Waals surface area contributed by atoms with E-state index in [0.29, 0.717) is 11.1 Å².